The van der Waals surface area contributed by atoms with Gasteiger partial charge in [-0.15, -0.1) is 0 Å². The quantitative estimate of drug-likeness (QED) is 0.926. The average Bonchev–Trinajstić information content (AvgIpc) is 2.28. The fourth-order valence-corrected chi connectivity index (χ4v) is 1.73. The van der Waals surface area contributed by atoms with Gasteiger partial charge in [0.15, 0.2) is 0 Å². The van der Waals surface area contributed by atoms with Gasteiger partial charge in [-0.2, -0.15) is 0 Å². The van der Waals surface area contributed by atoms with Crippen molar-refractivity contribution in [1.82, 2.24) is 10.2 Å². The molecule has 88 valence electrons. The molecule has 5 heteroatoms. The van der Waals surface area contributed by atoms with E-state index in [1.54, 1.807) is 30.1 Å². The number of hydrogen-bond donors (Lipinski definition) is 1. The van der Waals surface area contributed by atoms with E-state index in [9.17, 15) is 4.79 Å². The van der Waals surface area contributed by atoms with E-state index < -0.39 is 0 Å². The van der Waals surface area contributed by atoms with E-state index in [-0.39, 0.29) is 5.91 Å². The lowest BCUT2D eigenvalue weighted by atomic mass is 10.2. The molecule has 0 aliphatic carbocycles. The maximum absolute atomic E-state index is 11.9. The Hall–Kier alpha value is -0.580. The van der Waals surface area contributed by atoms with E-state index in [2.05, 4.69) is 21.2 Å². The standard InChI is InChI=1S/C11H14BrClN2O/c1-14-5-6-15(2)11(16)8-3-4-10(13)9(12)7-8/h3-4,7,14H,5-6H2,1-2H3. The second-order valence-corrected chi connectivity index (χ2v) is 4.72. The highest BCUT2D eigenvalue weighted by molar-refractivity contribution is 9.10. The van der Waals surface area contributed by atoms with Crippen LogP contribution in [0.5, 0.6) is 0 Å². The minimum atomic E-state index is -0.00684. The monoisotopic (exact) mass is 304 g/mol. The summed E-state index contributed by atoms with van der Waals surface area (Å²) in [5, 5.41) is 3.61. The molecule has 0 radical (unpaired) electrons. The minimum absolute atomic E-state index is 0.00684. The molecule has 0 fully saturated rings. The molecule has 16 heavy (non-hydrogen) atoms. The first kappa shape index (κ1) is 13.5. The minimum Gasteiger partial charge on any atom is -0.340 e. The number of hydrogen-bond acceptors (Lipinski definition) is 2. The molecule has 0 atom stereocenters. The molecule has 0 aliphatic heterocycles. The number of nitrogens with zero attached hydrogens (tertiary/aromatic N) is 1. The number of amides is 1. The maximum atomic E-state index is 11.9. The largest absolute Gasteiger partial charge is 0.340 e. The SMILES string of the molecule is CNCCN(C)C(=O)c1ccc(Cl)c(Br)c1. The Bertz CT molecular complexity index is 384. The van der Waals surface area contributed by atoms with Gasteiger partial charge in [-0.3, -0.25) is 4.79 Å². The third-order valence-electron chi connectivity index (χ3n) is 2.21. The summed E-state index contributed by atoms with van der Waals surface area (Å²) in [6.45, 7) is 1.45. The predicted octanol–water partition coefficient (Wildman–Crippen LogP) is 2.39. The predicted molar refractivity (Wildman–Crippen MR) is 70.0 cm³/mol. The Kier molecular flexibility index (Phi) is 5.25. The highest BCUT2D eigenvalue weighted by atomic mass is 79.9. The molecular weight excluding hydrogens is 291 g/mol. The van der Waals surface area contributed by atoms with Crippen LogP contribution in [0.1, 0.15) is 10.4 Å². The number of carbonyl (C=O) groups is 1. The van der Waals surface area contributed by atoms with Crippen molar-refractivity contribution in [3.63, 3.8) is 0 Å². The van der Waals surface area contributed by atoms with Gasteiger partial charge in [-0.1, -0.05) is 11.6 Å². The zero-order valence-electron chi connectivity index (χ0n) is 9.26. The lowest BCUT2D eigenvalue weighted by Crippen LogP contribution is -2.32. The van der Waals surface area contributed by atoms with Gasteiger partial charge in [0, 0.05) is 30.2 Å². The molecule has 1 amide bonds. The molecule has 0 saturated carbocycles. The molecule has 0 aromatic heterocycles. The van der Waals surface area contributed by atoms with Gasteiger partial charge in [0.1, 0.15) is 0 Å². The van der Waals surface area contributed by atoms with Crippen LogP contribution in [0.2, 0.25) is 5.02 Å². The first-order valence-electron chi connectivity index (χ1n) is 4.91. The van der Waals surface area contributed by atoms with Gasteiger partial charge in [0.25, 0.3) is 5.91 Å². The van der Waals surface area contributed by atoms with Crippen molar-refractivity contribution in [3.05, 3.63) is 33.3 Å². The molecule has 0 heterocycles. The van der Waals surface area contributed by atoms with Crippen molar-refractivity contribution < 1.29 is 4.79 Å². The molecule has 0 aliphatic rings. The number of benzene rings is 1. The van der Waals surface area contributed by atoms with Crippen molar-refractivity contribution in [2.75, 3.05) is 27.2 Å². The van der Waals surface area contributed by atoms with Gasteiger partial charge < -0.3 is 10.2 Å². The van der Waals surface area contributed by atoms with Gasteiger partial charge in [-0.25, -0.2) is 0 Å². The summed E-state index contributed by atoms with van der Waals surface area (Å²) in [7, 11) is 3.64. The Morgan fingerprint density at radius 1 is 1.56 bits per heavy atom. The Balaban J connectivity index is 2.76. The second-order valence-electron chi connectivity index (χ2n) is 3.46. The highest BCUT2D eigenvalue weighted by Gasteiger charge is 2.12. The van der Waals surface area contributed by atoms with Gasteiger partial charge in [-0.05, 0) is 41.2 Å². The Morgan fingerprint density at radius 3 is 2.81 bits per heavy atom. The van der Waals surface area contributed by atoms with Gasteiger partial charge in [0.2, 0.25) is 0 Å². The van der Waals surface area contributed by atoms with E-state index in [0.29, 0.717) is 17.1 Å². The van der Waals surface area contributed by atoms with E-state index >= 15 is 0 Å². The van der Waals surface area contributed by atoms with Crippen LogP contribution in [0.25, 0.3) is 0 Å². The molecule has 3 nitrogen and oxygen atoms in total. The zero-order chi connectivity index (χ0) is 12.1. The molecule has 0 spiro atoms. The summed E-state index contributed by atoms with van der Waals surface area (Å²) >= 11 is 9.17. The van der Waals surface area contributed by atoms with Crippen LogP contribution in [0.3, 0.4) is 0 Å². The summed E-state index contributed by atoms with van der Waals surface area (Å²) in [6, 6.07) is 5.18. The topological polar surface area (TPSA) is 32.3 Å². The van der Waals surface area contributed by atoms with Crippen LogP contribution in [-0.2, 0) is 0 Å². The summed E-state index contributed by atoms with van der Waals surface area (Å²) in [5.41, 5.74) is 0.634. The first-order valence-corrected chi connectivity index (χ1v) is 6.08. The number of rotatable bonds is 4. The Labute approximate surface area is 109 Å². The number of halogens is 2. The van der Waals surface area contributed by atoms with E-state index in [4.69, 9.17) is 11.6 Å². The third-order valence-corrected chi connectivity index (χ3v) is 3.42. The normalized spacial score (nSPS) is 10.2. The van der Waals surface area contributed by atoms with Gasteiger partial charge >= 0.3 is 0 Å². The molecule has 1 rings (SSSR count). The van der Waals surface area contributed by atoms with Crippen molar-refractivity contribution in [2.45, 2.75) is 0 Å². The lowest BCUT2D eigenvalue weighted by Gasteiger charge is -2.17. The fourth-order valence-electron chi connectivity index (χ4n) is 1.23. The smallest absolute Gasteiger partial charge is 0.253 e. The fraction of sp³-hybridized carbons (Fsp3) is 0.364. The second kappa shape index (κ2) is 6.23. The Morgan fingerprint density at radius 2 is 2.25 bits per heavy atom. The highest BCUT2D eigenvalue weighted by Crippen LogP contribution is 2.23. The van der Waals surface area contributed by atoms with Crippen LogP contribution < -0.4 is 5.32 Å². The molecular formula is C11H14BrClN2O. The average molecular weight is 306 g/mol. The van der Waals surface area contributed by atoms with Crippen molar-refractivity contribution in [3.8, 4) is 0 Å². The summed E-state index contributed by atoms with van der Waals surface area (Å²) in [4.78, 5) is 13.6. The van der Waals surface area contributed by atoms with E-state index in [1.807, 2.05) is 7.05 Å². The van der Waals surface area contributed by atoms with Crippen LogP contribution in [-0.4, -0.2) is 38.0 Å². The van der Waals surface area contributed by atoms with Gasteiger partial charge in [0.05, 0.1) is 5.02 Å². The summed E-state index contributed by atoms with van der Waals surface area (Å²) in [6.07, 6.45) is 0. The first-order chi connectivity index (χ1) is 7.56. The molecule has 0 saturated heterocycles. The molecule has 1 aromatic carbocycles. The summed E-state index contributed by atoms with van der Waals surface area (Å²) in [5.74, 6) is -0.00684. The van der Waals surface area contributed by atoms with Crippen LogP contribution in [0.4, 0.5) is 0 Å². The lowest BCUT2D eigenvalue weighted by molar-refractivity contribution is 0.0797. The van der Waals surface area contributed by atoms with Crippen molar-refractivity contribution in [1.29, 1.82) is 0 Å². The van der Waals surface area contributed by atoms with E-state index in [1.165, 1.54) is 0 Å². The number of nitrogens with one attached hydrogen (secondary N) is 1. The molecule has 0 bridgehead atoms. The number of likely N-dealkylation sites (N-methyl/N-ethyl adjacent to an activating group) is 2. The van der Waals surface area contributed by atoms with Crippen LogP contribution in [0, 0.1) is 0 Å². The third kappa shape index (κ3) is 3.47. The van der Waals surface area contributed by atoms with Crippen molar-refractivity contribution >= 4 is 33.4 Å². The van der Waals surface area contributed by atoms with E-state index in [0.717, 1.165) is 11.0 Å². The number of carbonyl (C=O) groups excluding carboxylic acids is 1. The summed E-state index contributed by atoms with van der Waals surface area (Å²) < 4.78 is 0.738. The maximum Gasteiger partial charge on any atom is 0.253 e. The zero-order valence-corrected chi connectivity index (χ0v) is 11.6. The van der Waals surface area contributed by atoms with Crippen molar-refractivity contribution in [2.24, 2.45) is 0 Å². The molecule has 0 unspecified atom stereocenters. The molecule has 1 aromatic rings. The van der Waals surface area contributed by atoms with Crippen LogP contribution >= 0.6 is 27.5 Å². The molecule has 1 N–H and O–H groups in total. The van der Waals surface area contributed by atoms with Crippen LogP contribution in [0.15, 0.2) is 22.7 Å².